The summed E-state index contributed by atoms with van der Waals surface area (Å²) in [6.45, 7) is 3.88. The Hall–Kier alpha value is -2.64. The van der Waals surface area contributed by atoms with E-state index in [1.165, 1.54) is 0 Å². The quantitative estimate of drug-likeness (QED) is 0.330. The molecule has 8 nitrogen and oxygen atoms in total. The van der Waals surface area contributed by atoms with Crippen molar-refractivity contribution in [3.05, 3.63) is 23.8 Å². The number of esters is 2. The van der Waals surface area contributed by atoms with Crippen LogP contribution in [0.5, 0.6) is 0 Å². The molecular formula is C22H30O8. The highest BCUT2D eigenvalue weighted by Crippen LogP contribution is 2.32. The van der Waals surface area contributed by atoms with Gasteiger partial charge < -0.3 is 19.7 Å². The fourth-order valence-electron chi connectivity index (χ4n) is 4.04. The van der Waals surface area contributed by atoms with E-state index in [9.17, 15) is 29.4 Å². The summed E-state index contributed by atoms with van der Waals surface area (Å²) in [6.07, 6.45) is 7.38. The van der Waals surface area contributed by atoms with E-state index in [1.54, 1.807) is 13.0 Å². The summed E-state index contributed by atoms with van der Waals surface area (Å²) in [5, 5.41) is 18.6. The lowest BCUT2D eigenvalue weighted by Crippen LogP contribution is -2.37. The van der Waals surface area contributed by atoms with E-state index in [0.717, 1.165) is 5.57 Å². The molecule has 0 spiro atoms. The molecule has 5 atom stereocenters. The molecule has 0 aliphatic heterocycles. The predicted molar refractivity (Wildman–Crippen MR) is 106 cm³/mol. The first kappa shape index (κ1) is 23.6. The van der Waals surface area contributed by atoms with Crippen LogP contribution in [0.2, 0.25) is 0 Å². The van der Waals surface area contributed by atoms with Crippen molar-refractivity contribution in [1.82, 2.24) is 0 Å². The Balaban J connectivity index is 1.71. The van der Waals surface area contributed by atoms with Gasteiger partial charge in [-0.05, 0) is 44.9 Å². The highest BCUT2D eigenvalue weighted by atomic mass is 16.5. The average Bonchev–Trinajstić information content (AvgIpc) is 2.69. The van der Waals surface area contributed by atoms with Crippen LogP contribution in [0.1, 0.15) is 46.0 Å². The van der Waals surface area contributed by atoms with Crippen molar-refractivity contribution in [3.8, 4) is 0 Å². The van der Waals surface area contributed by atoms with Crippen LogP contribution in [0, 0.1) is 29.6 Å². The maximum atomic E-state index is 12.3. The number of carbonyl (C=O) groups is 4. The normalized spacial score (nSPS) is 28.3. The molecule has 0 aromatic heterocycles. The maximum Gasteiger partial charge on any atom is 0.310 e. The lowest BCUT2D eigenvalue weighted by Gasteiger charge is -2.28. The van der Waals surface area contributed by atoms with Crippen LogP contribution in [0.4, 0.5) is 0 Å². The predicted octanol–water partition coefficient (Wildman–Crippen LogP) is 2.82. The standard InChI is InChI=1S/C22H30O8/c1-13-8-9-15(19(23)24)17(12-13)21(27)29-10-3-4-11-30-22(28)18-14(2)6-5-7-16(18)20(25)26/h5-6,8,14-18H,3-4,7,9-12H2,1-2H3,(H,23,24)(H,25,26). The van der Waals surface area contributed by atoms with Gasteiger partial charge in [-0.2, -0.15) is 0 Å². The zero-order chi connectivity index (χ0) is 22.3. The minimum absolute atomic E-state index is 0.110. The number of hydrogen-bond donors (Lipinski definition) is 2. The van der Waals surface area contributed by atoms with E-state index in [-0.39, 0.29) is 19.1 Å². The smallest absolute Gasteiger partial charge is 0.310 e. The van der Waals surface area contributed by atoms with Crippen LogP contribution in [-0.4, -0.2) is 47.3 Å². The van der Waals surface area contributed by atoms with Gasteiger partial charge in [-0.15, -0.1) is 0 Å². The first-order valence-corrected chi connectivity index (χ1v) is 10.3. The third-order valence-corrected chi connectivity index (χ3v) is 5.81. The number of carboxylic acid groups (broad SMARTS) is 2. The largest absolute Gasteiger partial charge is 0.481 e. The molecular weight excluding hydrogens is 392 g/mol. The summed E-state index contributed by atoms with van der Waals surface area (Å²) in [4.78, 5) is 47.3. The second kappa shape index (κ2) is 10.9. The van der Waals surface area contributed by atoms with Gasteiger partial charge in [0.15, 0.2) is 0 Å². The van der Waals surface area contributed by atoms with Crippen LogP contribution >= 0.6 is 0 Å². The van der Waals surface area contributed by atoms with Crippen molar-refractivity contribution in [3.63, 3.8) is 0 Å². The van der Waals surface area contributed by atoms with Crippen molar-refractivity contribution in [2.24, 2.45) is 29.6 Å². The van der Waals surface area contributed by atoms with Gasteiger partial charge in [-0.25, -0.2) is 0 Å². The first-order chi connectivity index (χ1) is 14.2. The van der Waals surface area contributed by atoms with Gasteiger partial charge in [-0.3, -0.25) is 19.2 Å². The van der Waals surface area contributed by atoms with Gasteiger partial charge in [0.2, 0.25) is 0 Å². The van der Waals surface area contributed by atoms with Gasteiger partial charge in [0.05, 0.1) is 36.9 Å². The highest BCUT2D eigenvalue weighted by Gasteiger charge is 2.39. The van der Waals surface area contributed by atoms with Crippen molar-refractivity contribution < 1.29 is 38.9 Å². The van der Waals surface area contributed by atoms with Gasteiger partial charge in [0, 0.05) is 0 Å². The van der Waals surface area contributed by atoms with Crippen LogP contribution in [0.25, 0.3) is 0 Å². The Morgan fingerprint density at radius 3 is 2.13 bits per heavy atom. The SMILES string of the molecule is CC1=CCC(C(=O)O)C(C(=O)OCCCCOC(=O)C2C(C)C=CCC2C(=O)O)C1. The summed E-state index contributed by atoms with van der Waals surface area (Å²) in [6, 6.07) is 0. The van der Waals surface area contributed by atoms with Crippen LogP contribution < -0.4 is 0 Å². The molecule has 0 saturated heterocycles. The highest BCUT2D eigenvalue weighted by molar-refractivity contribution is 5.82. The molecule has 0 radical (unpaired) electrons. The molecule has 0 heterocycles. The average molecular weight is 422 g/mol. The van der Waals surface area contributed by atoms with E-state index in [0.29, 0.717) is 32.1 Å². The first-order valence-electron chi connectivity index (χ1n) is 10.3. The third-order valence-electron chi connectivity index (χ3n) is 5.81. The van der Waals surface area contributed by atoms with Gasteiger partial charge >= 0.3 is 23.9 Å². The fraction of sp³-hybridized carbons (Fsp3) is 0.636. The fourth-order valence-corrected chi connectivity index (χ4v) is 4.04. The second-order valence-corrected chi connectivity index (χ2v) is 8.08. The molecule has 0 aromatic rings. The van der Waals surface area contributed by atoms with Crippen molar-refractivity contribution in [1.29, 1.82) is 0 Å². The Labute approximate surface area is 175 Å². The van der Waals surface area contributed by atoms with Gasteiger partial charge in [0.25, 0.3) is 0 Å². The zero-order valence-corrected chi connectivity index (χ0v) is 17.4. The lowest BCUT2D eigenvalue weighted by atomic mass is 9.76. The van der Waals surface area contributed by atoms with Crippen LogP contribution in [0.3, 0.4) is 0 Å². The molecule has 30 heavy (non-hydrogen) atoms. The summed E-state index contributed by atoms with van der Waals surface area (Å²) >= 11 is 0. The number of aliphatic carboxylic acids is 2. The number of hydrogen-bond acceptors (Lipinski definition) is 6. The summed E-state index contributed by atoms with van der Waals surface area (Å²) in [5.41, 5.74) is 0.979. The second-order valence-electron chi connectivity index (χ2n) is 8.08. The Morgan fingerprint density at radius 2 is 1.53 bits per heavy atom. The van der Waals surface area contributed by atoms with E-state index < -0.39 is 47.5 Å². The van der Waals surface area contributed by atoms with E-state index >= 15 is 0 Å². The molecule has 2 rings (SSSR count). The molecule has 8 heteroatoms. The summed E-state index contributed by atoms with van der Waals surface area (Å²) in [5.74, 6) is -6.19. The topological polar surface area (TPSA) is 127 Å². The number of ether oxygens (including phenoxy) is 2. The Morgan fingerprint density at radius 1 is 0.933 bits per heavy atom. The minimum Gasteiger partial charge on any atom is -0.481 e. The zero-order valence-electron chi connectivity index (χ0n) is 17.4. The molecule has 5 unspecified atom stereocenters. The van der Waals surface area contributed by atoms with Crippen LogP contribution in [-0.2, 0) is 28.7 Å². The van der Waals surface area contributed by atoms with Crippen molar-refractivity contribution in [2.45, 2.75) is 46.0 Å². The molecule has 166 valence electrons. The molecule has 0 aromatic carbocycles. The van der Waals surface area contributed by atoms with Crippen molar-refractivity contribution >= 4 is 23.9 Å². The third kappa shape index (κ3) is 6.18. The van der Waals surface area contributed by atoms with E-state index in [1.807, 2.05) is 19.1 Å². The number of rotatable bonds is 9. The number of carbonyl (C=O) groups excluding carboxylic acids is 2. The van der Waals surface area contributed by atoms with Gasteiger partial charge in [-0.1, -0.05) is 30.7 Å². The number of allylic oxidation sites excluding steroid dienone is 4. The number of carboxylic acids is 2. The van der Waals surface area contributed by atoms with Crippen LogP contribution in [0.15, 0.2) is 23.8 Å². The van der Waals surface area contributed by atoms with E-state index in [4.69, 9.17) is 9.47 Å². The summed E-state index contributed by atoms with van der Waals surface area (Å²) < 4.78 is 10.5. The molecule has 2 aliphatic rings. The van der Waals surface area contributed by atoms with Crippen molar-refractivity contribution in [2.75, 3.05) is 13.2 Å². The maximum absolute atomic E-state index is 12.3. The Kier molecular flexibility index (Phi) is 8.62. The molecule has 2 aliphatic carbocycles. The molecule has 0 amide bonds. The molecule has 0 saturated carbocycles. The van der Waals surface area contributed by atoms with Gasteiger partial charge in [0.1, 0.15) is 0 Å². The molecule has 0 fully saturated rings. The van der Waals surface area contributed by atoms with E-state index in [2.05, 4.69) is 0 Å². The summed E-state index contributed by atoms with van der Waals surface area (Å²) in [7, 11) is 0. The Bertz CT molecular complexity index is 723. The monoisotopic (exact) mass is 422 g/mol. The lowest BCUT2D eigenvalue weighted by molar-refractivity contribution is -0.160. The molecule has 0 bridgehead atoms. The minimum atomic E-state index is -1.01. The molecule has 2 N–H and O–H groups in total. The number of unbranched alkanes of at least 4 members (excludes halogenated alkanes) is 1.